The van der Waals surface area contributed by atoms with Crippen molar-refractivity contribution in [3.05, 3.63) is 29.3 Å². The molecule has 0 aliphatic rings. The van der Waals surface area contributed by atoms with E-state index in [-0.39, 0.29) is 5.56 Å². The second-order valence-electron chi connectivity index (χ2n) is 3.95. The van der Waals surface area contributed by atoms with E-state index in [1.165, 1.54) is 5.32 Å². The number of nitrogens with one attached hydrogen (secondary N) is 1. The van der Waals surface area contributed by atoms with Crippen LogP contribution in [0.4, 0.5) is 36.4 Å². The third-order valence-corrected chi connectivity index (χ3v) is 2.47. The zero-order valence-electron chi connectivity index (χ0n) is 10.1. The molecule has 0 atom stereocenters. The van der Waals surface area contributed by atoms with E-state index in [2.05, 4.69) is 0 Å². The lowest BCUT2D eigenvalue weighted by atomic mass is 10.1. The number of benzene rings is 1. The van der Waals surface area contributed by atoms with Crippen molar-refractivity contribution >= 4 is 11.6 Å². The predicted molar refractivity (Wildman–Crippen MR) is 58.9 cm³/mol. The molecule has 1 aromatic carbocycles. The minimum absolute atomic E-state index is 0.332. The summed E-state index contributed by atoms with van der Waals surface area (Å²) >= 11 is 0. The Bertz CT molecular complexity index is 528. The van der Waals surface area contributed by atoms with Gasteiger partial charge in [0, 0.05) is 12.2 Å². The first-order chi connectivity index (χ1) is 9.50. The van der Waals surface area contributed by atoms with Crippen LogP contribution in [0.2, 0.25) is 0 Å². The number of amides is 1. The molecular weight excluding hydrogens is 309 g/mol. The zero-order valence-corrected chi connectivity index (χ0v) is 10.1. The number of rotatable bonds is 4. The summed E-state index contributed by atoms with van der Waals surface area (Å²) in [5.74, 6) is -7.41. The van der Waals surface area contributed by atoms with E-state index in [1.54, 1.807) is 0 Å². The summed E-state index contributed by atoms with van der Waals surface area (Å²) in [5, 5.41) is 1.32. The number of hydrogen-bond acceptors (Lipinski definition) is 2. The van der Waals surface area contributed by atoms with E-state index in [4.69, 9.17) is 5.73 Å². The lowest BCUT2D eigenvalue weighted by molar-refractivity contribution is -0.163. The first-order valence-electron chi connectivity index (χ1n) is 5.37. The minimum atomic E-state index is -5.01. The molecule has 0 heterocycles. The fourth-order valence-electron chi connectivity index (χ4n) is 1.41. The van der Waals surface area contributed by atoms with Crippen LogP contribution in [-0.4, -0.2) is 18.3 Å². The Balaban J connectivity index is 3.09. The smallest absolute Gasteiger partial charge is 0.326 e. The van der Waals surface area contributed by atoms with E-state index in [0.717, 1.165) is 12.1 Å². The molecule has 0 unspecified atom stereocenters. The summed E-state index contributed by atoms with van der Waals surface area (Å²) < 4.78 is 87.3. The molecule has 1 rings (SSSR count). The molecule has 0 aromatic heterocycles. The molecule has 3 N–H and O–H groups in total. The molecule has 118 valence electrons. The molecule has 1 amide bonds. The number of nitrogens with two attached hydrogens (primary N) is 1. The lowest BCUT2D eigenvalue weighted by Gasteiger charge is -2.17. The first kappa shape index (κ1) is 17.2. The Morgan fingerprint density at radius 1 is 1.19 bits per heavy atom. The number of alkyl halides is 7. The molecule has 0 saturated heterocycles. The average molecular weight is 318 g/mol. The number of carbonyl (C=O) groups is 1. The molecule has 3 nitrogen and oxygen atoms in total. The van der Waals surface area contributed by atoms with Crippen LogP contribution in [-0.2, 0) is 17.5 Å². The maximum atomic E-state index is 12.7. The summed E-state index contributed by atoms with van der Waals surface area (Å²) in [6, 6.07) is 2.07. The topological polar surface area (TPSA) is 55.1 Å². The molecular formula is C11H9F7N2O. The van der Waals surface area contributed by atoms with Crippen molar-refractivity contribution in [2.45, 2.75) is 25.1 Å². The van der Waals surface area contributed by atoms with Gasteiger partial charge in [0.1, 0.15) is 0 Å². The Kier molecular flexibility index (Phi) is 4.82. The largest absolute Gasteiger partial charge is 0.416 e. The van der Waals surface area contributed by atoms with Gasteiger partial charge < -0.3 is 11.1 Å². The van der Waals surface area contributed by atoms with Gasteiger partial charge in [-0.1, -0.05) is 6.07 Å². The second kappa shape index (κ2) is 5.88. The van der Waals surface area contributed by atoms with Crippen LogP contribution in [0.1, 0.15) is 11.1 Å². The maximum Gasteiger partial charge on any atom is 0.416 e. The van der Waals surface area contributed by atoms with Gasteiger partial charge in [-0.15, -0.1) is 0 Å². The van der Waals surface area contributed by atoms with Gasteiger partial charge in [-0.25, -0.2) is 8.78 Å². The number of anilines is 1. The van der Waals surface area contributed by atoms with Gasteiger partial charge in [-0.05, 0) is 17.7 Å². The summed E-state index contributed by atoms with van der Waals surface area (Å²) in [5.41, 5.74) is 2.83. The highest BCUT2D eigenvalue weighted by Gasteiger charge is 2.49. The summed E-state index contributed by atoms with van der Waals surface area (Å²) in [6.07, 6.45) is -9.11. The Morgan fingerprint density at radius 3 is 2.19 bits per heavy atom. The molecule has 21 heavy (non-hydrogen) atoms. The van der Waals surface area contributed by atoms with E-state index in [0.29, 0.717) is 6.07 Å². The standard InChI is InChI=1S/C11H9F7N2O/c12-8(13)10(14,15)9(21)20-6-2-1-5(4-19)7(3-6)11(16,17)18/h1-3,8H,4,19H2,(H,20,21). The van der Waals surface area contributed by atoms with Gasteiger partial charge in [0.2, 0.25) is 0 Å². The van der Waals surface area contributed by atoms with Crippen molar-refractivity contribution in [2.24, 2.45) is 5.73 Å². The van der Waals surface area contributed by atoms with Crippen LogP contribution in [0.3, 0.4) is 0 Å². The number of hydrogen-bond donors (Lipinski definition) is 2. The predicted octanol–water partition coefficient (Wildman–Crippen LogP) is 3.00. The van der Waals surface area contributed by atoms with Crippen LogP contribution in [0.25, 0.3) is 0 Å². The summed E-state index contributed by atoms with van der Waals surface area (Å²) in [7, 11) is 0. The van der Waals surface area contributed by atoms with Crippen molar-refractivity contribution in [3.63, 3.8) is 0 Å². The number of carbonyl (C=O) groups excluding carboxylic acids is 1. The fourth-order valence-corrected chi connectivity index (χ4v) is 1.41. The molecule has 0 fully saturated rings. The fraction of sp³-hybridized carbons (Fsp3) is 0.364. The van der Waals surface area contributed by atoms with Crippen molar-refractivity contribution in [1.82, 2.24) is 0 Å². The van der Waals surface area contributed by atoms with Crippen molar-refractivity contribution in [1.29, 1.82) is 0 Å². The van der Waals surface area contributed by atoms with E-state index in [1.807, 2.05) is 0 Å². The average Bonchev–Trinajstić information content (AvgIpc) is 2.37. The van der Waals surface area contributed by atoms with Crippen LogP contribution < -0.4 is 11.1 Å². The molecule has 10 heteroatoms. The third-order valence-electron chi connectivity index (χ3n) is 2.47. The van der Waals surface area contributed by atoms with Gasteiger partial charge in [0.05, 0.1) is 5.56 Å². The Morgan fingerprint density at radius 2 is 1.76 bits per heavy atom. The lowest BCUT2D eigenvalue weighted by Crippen LogP contribution is -2.41. The van der Waals surface area contributed by atoms with Gasteiger partial charge in [0.15, 0.2) is 0 Å². The zero-order chi connectivity index (χ0) is 16.4. The van der Waals surface area contributed by atoms with Gasteiger partial charge >= 0.3 is 24.4 Å². The highest BCUT2D eigenvalue weighted by Crippen LogP contribution is 2.34. The van der Waals surface area contributed by atoms with Gasteiger partial charge in [0.25, 0.3) is 0 Å². The van der Waals surface area contributed by atoms with Crippen molar-refractivity contribution in [2.75, 3.05) is 5.32 Å². The minimum Gasteiger partial charge on any atom is -0.326 e. The van der Waals surface area contributed by atoms with Crippen molar-refractivity contribution in [3.8, 4) is 0 Å². The van der Waals surface area contributed by atoms with Crippen molar-refractivity contribution < 1.29 is 35.5 Å². The molecule has 0 saturated carbocycles. The summed E-state index contributed by atoms with van der Waals surface area (Å²) in [4.78, 5) is 10.9. The Labute approximate surface area is 113 Å². The molecule has 1 aromatic rings. The number of halogens is 7. The third kappa shape index (κ3) is 3.84. The SMILES string of the molecule is NCc1ccc(NC(=O)C(F)(F)C(F)F)cc1C(F)(F)F. The molecule has 0 aliphatic carbocycles. The molecule has 0 aliphatic heterocycles. The van der Waals surface area contributed by atoms with E-state index < -0.39 is 42.2 Å². The molecule has 0 spiro atoms. The second-order valence-corrected chi connectivity index (χ2v) is 3.95. The van der Waals surface area contributed by atoms with Crippen LogP contribution >= 0.6 is 0 Å². The maximum absolute atomic E-state index is 12.7. The molecule has 0 bridgehead atoms. The Hall–Kier alpha value is -1.84. The van der Waals surface area contributed by atoms with E-state index >= 15 is 0 Å². The highest BCUT2D eigenvalue weighted by molar-refractivity contribution is 5.96. The first-order valence-corrected chi connectivity index (χ1v) is 5.37. The quantitative estimate of drug-likeness (QED) is 0.839. The molecule has 0 radical (unpaired) electrons. The van der Waals surface area contributed by atoms with Crippen LogP contribution in [0, 0.1) is 0 Å². The van der Waals surface area contributed by atoms with E-state index in [9.17, 15) is 35.5 Å². The monoisotopic (exact) mass is 318 g/mol. The van der Waals surface area contributed by atoms with Gasteiger partial charge in [-0.2, -0.15) is 22.0 Å². The summed E-state index contributed by atoms with van der Waals surface area (Å²) in [6.45, 7) is -0.476. The van der Waals surface area contributed by atoms with Gasteiger partial charge in [-0.3, -0.25) is 4.79 Å². The van der Waals surface area contributed by atoms with Crippen LogP contribution in [0.15, 0.2) is 18.2 Å². The van der Waals surface area contributed by atoms with Crippen LogP contribution in [0.5, 0.6) is 0 Å². The normalized spacial score (nSPS) is 12.6. The highest BCUT2D eigenvalue weighted by atomic mass is 19.4.